The Morgan fingerprint density at radius 2 is 2.09 bits per heavy atom. The molecule has 0 aliphatic heterocycles. The van der Waals surface area contributed by atoms with Gasteiger partial charge in [0.25, 0.3) is 0 Å². The van der Waals surface area contributed by atoms with Crippen molar-refractivity contribution in [3.63, 3.8) is 0 Å². The summed E-state index contributed by atoms with van der Waals surface area (Å²) in [6.45, 7) is 1.48. The van der Waals surface area contributed by atoms with E-state index in [2.05, 4.69) is 38.8 Å². The Morgan fingerprint density at radius 3 is 2.86 bits per heavy atom. The van der Waals surface area contributed by atoms with Gasteiger partial charge in [0.1, 0.15) is 5.76 Å². The molecule has 5 nitrogen and oxygen atoms in total. The Morgan fingerprint density at radius 1 is 1.18 bits per heavy atom. The molecule has 3 rings (SSSR count). The van der Waals surface area contributed by atoms with E-state index in [4.69, 9.17) is 4.42 Å². The molecule has 0 spiro atoms. The molecule has 3 aromatic rings. The number of hydrogen-bond acceptors (Lipinski definition) is 2. The summed E-state index contributed by atoms with van der Waals surface area (Å²) in [5.74, 6) is 1.75. The van der Waals surface area contributed by atoms with Crippen molar-refractivity contribution in [3.05, 3.63) is 60.2 Å². The molecule has 0 saturated heterocycles. The second-order valence-electron chi connectivity index (χ2n) is 5.06. The SMILES string of the molecule is CN=C(NCCc1ccco1)NCc1cc2ccccc2[nH]1. The fourth-order valence-corrected chi connectivity index (χ4v) is 2.39. The average Bonchev–Trinajstić information content (AvgIpc) is 3.19. The van der Waals surface area contributed by atoms with Gasteiger partial charge in [-0.15, -0.1) is 0 Å². The standard InChI is InChI=1S/C17H20N4O/c1-18-17(19-9-8-15-6-4-10-22-15)20-12-14-11-13-5-2-3-7-16(13)21-14/h2-7,10-11,21H,8-9,12H2,1H3,(H2,18,19,20). The van der Waals surface area contributed by atoms with Crippen LogP contribution in [0.4, 0.5) is 0 Å². The molecule has 3 N–H and O–H groups in total. The highest BCUT2D eigenvalue weighted by Gasteiger charge is 2.02. The van der Waals surface area contributed by atoms with Crippen LogP contribution >= 0.6 is 0 Å². The molecule has 0 bridgehead atoms. The number of aliphatic imine (C=N–C) groups is 1. The van der Waals surface area contributed by atoms with Crippen molar-refractivity contribution in [3.8, 4) is 0 Å². The van der Waals surface area contributed by atoms with Crippen molar-refractivity contribution in [1.82, 2.24) is 15.6 Å². The highest BCUT2D eigenvalue weighted by molar-refractivity contribution is 5.81. The molecule has 0 aliphatic rings. The number of benzene rings is 1. The van der Waals surface area contributed by atoms with E-state index in [-0.39, 0.29) is 0 Å². The molecule has 1 aromatic carbocycles. The maximum atomic E-state index is 5.31. The fourth-order valence-electron chi connectivity index (χ4n) is 2.39. The number of furan rings is 1. The van der Waals surface area contributed by atoms with Crippen LogP contribution in [0.15, 0.2) is 58.1 Å². The number of aromatic nitrogens is 1. The van der Waals surface area contributed by atoms with Gasteiger partial charge in [-0.1, -0.05) is 18.2 Å². The predicted molar refractivity (Wildman–Crippen MR) is 88.9 cm³/mol. The van der Waals surface area contributed by atoms with Gasteiger partial charge in [0.15, 0.2) is 5.96 Å². The second kappa shape index (κ2) is 6.85. The molecular weight excluding hydrogens is 276 g/mol. The molecule has 0 saturated carbocycles. The molecule has 5 heteroatoms. The number of hydrogen-bond donors (Lipinski definition) is 3. The van der Waals surface area contributed by atoms with Crippen molar-refractivity contribution in [2.45, 2.75) is 13.0 Å². The van der Waals surface area contributed by atoms with E-state index in [0.717, 1.165) is 35.9 Å². The number of aromatic amines is 1. The van der Waals surface area contributed by atoms with Gasteiger partial charge in [-0.05, 0) is 29.7 Å². The number of rotatable bonds is 5. The van der Waals surface area contributed by atoms with Crippen molar-refractivity contribution in [1.29, 1.82) is 0 Å². The van der Waals surface area contributed by atoms with Crippen LogP contribution < -0.4 is 10.6 Å². The normalized spacial score (nSPS) is 11.8. The quantitative estimate of drug-likeness (QED) is 0.501. The zero-order chi connectivity index (χ0) is 15.2. The van der Waals surface area contributed by atoms with Gasteiger partial charge in [-0.2, -0.15) is 0 Å². The first-order valence-electron chi connectivity index (χ1n) is 7.38. The Kier molecular flexibility index (Phi) is 4.44. The third-order valence-corrected chi connectivity index (χ3v) is 3.50. The third kappa shape index (κ3) is 3.49. The third-order valence-electron chi connectivity index (χ3n) is 3.50. The van der Waals surface area contributed by atoms with Crippen molar-refractivity contribution >= 4 is 16.9 Å². The van der Waals surface area contributed by atoms with Crippen LogP contribution in [0.1, 0.15) is 11.5 Å². The number of fused-ring (bicyclic) bond motifs is 1. The minimum absolute atomic E-state index is 0.703. The average molecular weight is 296 g/mol. The van der Waals surface area contributed by atoms with Crippen LogP contribution in [-0.4, -0.2) is 24.5 Å². The van der Waals surface area contributed by atoms with Crippen LogP contribution in [0.5, 0.6) is 0 Å². The lowest BCUT2D eigenvalue weighted by atomic mass is 10.2. The fraction of sp³-hybridized carbons (Fsp3) is 0.235. The molecule has 0 fully saturated rings. The van der Waals surface area contributed by atoms with Crippen molar-refractivity contribution < 1.29 is 4.42 Å². The summed E-state index contributed by atoms with van der Waals surface area (Å²) < 4.78 is 5.31. The van der Waals surface area contributed by atoms with Gasteiger partial charge in [-0.25, -0.2) is 0 Å². The molecule has 0 amide bonds. The molecule has 0 aliphatic carbocycles. The highest BCUT2D eigenvalue weighted by Crippen LogP contribution is 2.14. The molecule has 0 atom stereocenters. The van der Waals surface area contributed by atoms with Gasteiger partial charge < -0.3 is 20.0 Å². The number of H-pyrrole nitrogens is 1. The topological polar surface area (TPSA) is 65.3 Å². The molecule has 0 unspecified atom stereocenters. The first-order valence-corrected chi connectivity index (χ1v) is 7.38. The highest BCUT2D eigenvalue weighted by atomic mass is 16.3. The predicted octanol–water partition coefficient (Wildman–Crippen LogP) is 2.67. The van der Waals surface area contributed by atoms with E-state index in [9.17, 15) is 0 Å². The molecule has 2 aromatic heterocycles. The van der Waals surface area contributed by atoms with Crippen LogP contribution in [0.3, 0.4) is 0 Å². The van der Waals surface area contributed by atoms with Gasteiger partial charge in [-0.3, -0.25) is 4.99 Å². The van der Waals surface area contributed by atoms with Gasteiger partial charge in [0.05, 0.1) is 12.8 Å². The summed E-state index contributed by atoms with van der Waals surface area (Å²) in [4.78, 5) is 7.62. The monoisotopic (exact) mass is 296 g/mol. The lowest BCUT2D eigenvalue weighted by Gasteiger charge is -2.10. The lowest BCUT2D eigenvalue weighted by molar-refractivity contribution is 0.507. The van der Waals surface area contributed by atoms with E-state index in [1.165, 1.54) is 5.39 Å². The van der Waals surface area contributed by atoms with E-state index in [1.807, 2.05) is 24.3 Å². The van der Waals surface area contributed by atoms with Gasteiger partial charge in [0, 0.05) is 31.2 Å². The number of nitrogens with zero attached hydrogens (tertiary/aromatic N) is 1. The summed E-state index contributed by atoms with van der Waals surface area (Å²) >= 11 is 0. The zero-order valence-corrected chi connectivity index (χ0v) is 12.6. The Bertz CT molecular complexity index is 710. The van der Waals surface area contributed by atoms with Gasteiger partial charge in [0.2, 0.25) is 0 Å². The van der Waals surface area contributed by atoms with Gasteiger partial charge >= 0.3 is 0 Å². The number of guanidine groups is 1. The maximum absolute atomic E-state index is 5.31. The number of para-hydroxylation sites is 1. The molecule has 2 heterocycles. The summed E-state index contributed by atoms with van der Waals surface area (Å²) in [5.41, 5.74) is 2.29. The largest absolute Gasteiger partial charge is 0.469 e. The summed E-state index contributed by atoms with van der Waals surface area (Å²) in [6.07, 6.45) is 2.53. The Hall–Kier alpha value is -2.69. The van der Waals surface area contributed by atoms with Crippen LogP contribution in [0.2, 0.25) is 0 Å². The molecule has 0 radical (unpaired) electrons. The van der Waals surface area contributed by atoms with Crippen molar-refractivity contribution in [2.24, 2.45) is 4.99 Å². The summed E-state index contributed by atoms with van der Waals surface area (Å²) in [5, 5.41) is 7.80. The minimum atomic E-state index is 0.703. The molecule has 22 heavy (non-hydrogen) atoms. The van der Waals surface area contributed by atoms with Crippen LogP contribution in [0.25, 0.3) is 10.9 Å². The number of nitrogens with one attached hydrogen (secondary N) is 3. The van der Waals surface area contributed by atoms with Crippen LogP contribution in [-0.2, 0) is 13.0 Å². The van der Waals surface area contributed by atoms with E-state index >= 15 is 0 Å². The lowest BCUT2D eigenvalue weighted by Crippen LogP contribution is -2.37. The Balaban J connectivity index is 1.50. The Labute approximate surface area is 129 Å². The van der Waals surface area contributed by atoms with Crippen LogP contribution in [0, 0.1) is 0 Å². The minimum Gasteiger partial charge on any atom is -0.469 e. The smallest absolute Gasteiger partial charge is 0.191 e. The first kappa shape index (κ1) is 14.3. The van der Waals surface area contributed by atoms with E-state index in [0.29, 0.717) is 6.54 Å². The maximum Gasteiger partial charge on any atom is 0.191 e. The first-order chi connectivity index (χ1) is 10.8. The molecular formula is C17H20N4O. The molecule has 114 valence electrons. The summed E-state index contributed by atoms with van der Waals surface area (Å²) in [7, 11) is 1.77. The zero-order valence-electron chi connectivity index (χ0n) is 12.6. The van der Waals surface area contributed by atoms with E-state index in [1.54, 1.807) is 13.3 Å². The van der Waals surface area contributed by atoms with Crippen molar-refractivity contribution in [2.75, 3.05) is 13.6 Å². The summed E-state index contributed by atoms with van der Waals surface area (Å²) in [6, 6.07) is 14.3. The van der Waals surface area contributed by atoms with E-state index < -0.39 is 0 Å². The second-order valence-corrected chi connectivity index (χ2v) is 5.06.